The molecule has 0 amide bonds. The van der Waals surface area contributed by atoms with Crippen LogP contribution >= 0.6 is 0 Å². The van der Waals surface area contributed by atoms with E-state index in [1.165, 1.54) is 0 Å². The van der Waals surface area contributed by atoms with Gasteiger partial charge in [0.25, 0.3) is 0 Å². The molecule has 4 rings (SSSR count). The highest BCUT2D eigenvalue weighted by molar-refractivity contribution is 6.16. The van der Waals surface area contributed by atoms with Gasteiger partial charge in [-0.2, -0.15) is 5.10 Å². The number of rotatable bonds is 0. The summed E-state index contributed by atoms with van der Waals surface area (Å²) in [6, 6.07) is 8.06. The van der Waals surface area contributed by atoms with Crippen molar-refractivity contribution in [3.8, 4) is 0 Å². The number of H-pyrrole nitrogens is 1. The number of pyridine rings is 2. The van der Waals surface area contributed by atoms with E-state index in [0.29, 0.717) is 0 Å². The van der Waals surface area contributed by atoms with Gasteiger partial charge in [-0.15, -0.1) is 0 Å². The number of benzene rings is 1. The van der Waals surface area contributed by atoms with Crippen LogP contribution in [0.1, 0.15) is 0 Å². The van der Waals surface area contributed by atoms with Crippen LogP contribution in [0.15, 0.2) is 42.9 Å². The lowest BCUT2D eigenvalue weighted by molar-refractivity contribution is 1.12. The van der Waals surface area contributed by atoms with Gasteiger partial charge in [-0.25, -0.2) is 0 Å². The van der Waals surface area contributed by atoms with Gasteiger partial charge in [0, 0.05) is 22.4 Å². The molecule has 0 unspecified atom stereocenters. The molecule has 4 nitrogen and oxygen atoms in total. The van der Waals surface area contributed by atoms with Crippen LogP contribution in [0.3, 0.4) is 0 Å². The van der Waals surface area contributed by atoms with E-state index in [-0.39, 0.29) is 0 Å². The summed E-state index contributed by atoms with van der Waals surface area (Å²) in [7, 11) is 0. The van der Waals surface area contributed by atoms with E-state index in [2.05, 4.69) is 26.2 Å². The molecule has 17 heavy (non-hydrogen) atoms. The molecule has 0 spiro atoms. The van der Waals surface area contributed by atoms with Gasteiger partial charge in [-0.3, -0.25) is 15.1 Å². The molecule has 0 aliphatic carbocycles. The SMILES string of the molecule is c1cnc2c(c1)ccc1ncc3[nH]ncc3c12. The zero-order valence-electron chi connectivity index (χ0n) is 8.88. The summed E-state index contributed by atoms with van der Waals surface area (Å²) in [6.45, 7) is 0. The zero-order valence-corrected chi connectivity index (χ0v) is 8.88. The lowest BCUT2D eigenvalue weighted by Gasteiger charge is -2.02. The van der Waals surface area contributed by atoms with Crippen molar-refractivity contribution < 1.29 is 0 Å². The van der Waals surface area contributed by atoms with Crippen LogP contribution in [0.25, 0.3) is 32.7 Å². The fraction of sp³-hybridized carbons (Fsp3) is 0. The van der Waals surface area contributed by atoms with E-state index in [0.717, 1.165) is 32.7 Å². The van der Waals surface area contributed by atoms with E-state index >= 15 is 0 Å². The zero-order chi connectivity index (χ0) is 11.2. The van der Waals surface area contributed by atoms with E-state index in [1.807, 2.05) is 24.4 Å². The number of aromatic amines is 1. The molecule has 1 aromatic carbocycles. The van der Waals surface area contributed by atoms with E-state index in [9.17, 15) is 0 Å². The standard InChI is InChI=1S/C13H8N4/c1-2-8-3-4-10-12(13(8)14-5-1)9-6-16-17-11(9)7-15-10/h1-7H,(H,16,17). The maximum atomic E-state index is 4.46. The average molecular weight is 220 g/mol. The molecule has 0 atom stereocenters. The van der Waals surface area contributed by atoms with Crippen molar-refractivity contribution in [2.24, 2.45) is 0 Å². The molecular formula is C13H8N4. The highest BCUT2D eigenvalue weighted by atomic mass is 15.1. The number of nitrogens with zero attached hydrogens (tertiary/aromatic N) is 3. The Labute approximate surface area is 96.3 Å². The van der Waals surface area contributed by atoms with E-state index in [4.69, 9.17) is 0 Å². The first-order valence-corrected chi connectivity index (χ1v) is 5.39. The summed E-state index contributed by atoms with van der Waals surface area (Å²) in [6.07, 6.45) is 5.44. The topological polar surface area (TPSA) is 54.5 Å². The summed E-state index contributed by atoms with van der Waals surface area (Å²) in [5, 5.41) is 10.3. The van der Waals surface area contributed by atoms with Crippen LogP contribution in [-0.4, -0.2) is 20.2 Å². The third-order valence-corrected chi connectivity index (χ3v) is 3.02. The summed E-state index contributed by atoms with van der Waals surface area (Å²) in [5.74, 6) is 0. The molecular weight excluding hydrogens is 212 g/mol. The Kier molecular flexibility index (Phi) is 1.53. The minimum absolute atomic E-state index is 0.940. The van der Waals surface area contributed by atoms with E-state index in [1.54, 1.807) is 12.4 Å². The van der Waals surface area contributed by atoms with Crippen LogP contribution in [-0.2, 0) is 0 Å². The molecule has 0 bridgehead atoms. The van der Waals surface area contributed by atoms with Crippen LogP contribution in [0.5, 0.6) is 0 Å². The molecule has 0 aliphatic heterocycles. The van der Waals surface area contributed by atoms with Crippen LogP contribution in [0.2, 0.25) is 0 Å². The number of hydrogen-bond acceptors (Lipinski definition) is 3. The predicted molar refractivity (Wildman–Crippen MR) is 66.7 cm³/mol. The number of aromatic nitrogens is 4. The molecule has 1 N–H and O–H groups in total. The molecule has 3 heterocycles. The Bertz CT molecular complexity index is 848. The molecule has 80 valence electrons. The molecule has 0 saturated heterocycles. The molecule has 4 heteroatoms. The smallest absolute Gasteiger partial charge is 0.0840 e. The monoisotopic (exact) mass is 220 g/mol. The summed E-state index contributed by atoms with van der Waals surface area (Å²) in [5.41, 5.74) is 2.87. The first-order chi connectivity index (χ1) is 8.43. The van der Waals surface area contributed by atoms with Gasteiger partial charge in [0.15, 0.2) is 0 Å². The molecule has 0 saturated carbocycles. The number of nitrogens with one attached hydrogen (secondary N) is 1. The second-order valence-corrected chi connectivity index (χ2v) is 3.99. The Balaban J connectivity index is 2.41. The van der Waals surface area contributed by atoms with Crippen molar-refractivity contribution in [2.45, 2.75) is 0 Å². The van der Waals surface area contributed by atoms with Crippen molar-refractivity contribution >= 4 is 32.7 Å². The number of hydrogen-bond donors (Lipinski definition) is 1. The quantitative estimate of drug-likeness (QED) is 0.463. The minimum Gasteiger partial charge on any atom is -0.276 e. The maximum Gasteiger partial charge on any atom is 0.0840 e. The lowest BCUT2D eigenvalue weighted by atomic mass is 10.1. The fourth-order valence-corrected chi connectivity index (χ4v) is 2.24. The summed E-state index contributed by atoms with van der Waals surface area (Å²) in [4.78, 5) is 8.88. The summed E-state index contributed by atoms with van der Waals surface area (Å²) >= 11 is 0. The highest BCUT2D eigenvalue weighted by Gasteiger charge is 2.07. The van der Waals surface area contributed by atoms with Gasteiger partial charge >= 0.3 is 0 Å². The fourth-order valence-electron chi connectivity index (χ4n) is 2.24. The molecule has 0 aliphatic rings. The second-order valence-electron chi connectivity index (χ2n) is 3.99. The van der Waals surface area contributed by atoms with E-state index < -0.39 is 0 Å². The first kappa shape index (κ1) is 8.64. The van der Waals surface area contributed by atoms with Crippen molar-refractivity contribution in [2.75, 3.05) is 0 Å². The maximum absolute atomic E-state index is 4.46. The summed E-state index contributed by atoms with van der Waals surface area (Å²) < 4.78 is 0. The van der Waals surface area contributed by atoms with Crippen molar-refractivity contribution in [3.63, 3.8) is 0 Å². The highest BCUT2D eigenvalue weighted by Crippen LogP contribution is 2.27. The number of fused-ring (bicyclic) bond motifs is 5. The van der Waals surface area contributed by atoms with Gasteiger partial charge in [0.1, 0.15) is 0 Å². The van der Waals surface area contributed by atoms with Gasteiger partial charge in [-0.05, 0) is 12.1 Å². The van der Waals surface area contributed by atoms with Crippen molar-refractivity contribution in [3.05, 3.63) is 42.9 Å². The van der Waals surface area contributed by atoms with Crippen LogP contribution in [0.4, 0.5) is 0 Å². The Hall–Kier alpha value is -2.49. The lowest BCUT2D eigenvalue weighted by Crippen LogP contribution is -1.84. The first-order valence-electron chi connectivity index (χ1n) is 5.39. The molecule has 0 fully saturated rings. The van der Waals surface area contributed by atoms with Crippen LogP contribution < -0.4 is 0 Å². The third-order valence-electron chi connectivity index (χ3n) is 3.02. The van der Waals surface area contributed by atoms with Crippen LogP contribution in [0, 0.1) is 0 Å². The van der Waals surface area contributed by atoms with Gasteiger partial charge in [0.05, 0.1) is 28.9 Å². The Morgan fingerprint density at radius 2 is 2.00 bits per heavy atom. The van der Waals surface area contributed by atoms with Gasteiger partial charge < -0.3 is 0 Å². The van der Waals surface area contributed by atoms with Gasteiger partial charge in [-0.1, -0.05) is 12.1 Å². The molecule has 3 aromatic heterocycles. The Morgan fingerprint density at radius 1 is 1.00 bits per heavy atom. The minimum atomic E-state index is 0.940. The van der Waals surface area contributed by atoms with Crippen molar-refractivity contribution in [1.29, 1.82) is 0 Å². The van der Waals surface area contributed by atoms with Crippen molar-refractivity contribution in [1.82, 2.24) is 20.2 Å². The van der Waals surface area contributed by atoms with Gasteiger partial charge in [0.2, 0.25) is 0 Å². The third kappa shape index (κ3) is 1.09. The molecule has 0 radical (unpaired) electrons. The molecule has 4 aromatic rings. The Morgan fingerprint density at radius 3 is 3.00 bits per heavy atom. The second kappa shape index (κ2) is 3.01. The average Bonchev–Trinajstić information content (AvgIpc) is 2.86. The largest absolute Gasteiger partial charge is 0.276 e. The normalized spacial score (nSPS) is 11.5. The predicted octanol–water partition coefficient (Wildman–Crippen LogP) is 2.66.